The minimum Gasteiger partial charge on any atom is -0.297 e. The molecule has 0 N–H and O–H groups in total. The molecular formula is C17H21N3. The predicted octanol–water partition coefficient (Wildman–Crippen LogP) is 2.57. The smallest absolute Gasteiger partial charge is 0.0543 e. The van der Waals surface area contributed by atoms with Gasteiger partial charge < -0.3 is 0 Å². The first-order valence-corrected chi connectivity index (χ1v) is 7.20. The maximum absolute atomic E-state index is 4.43. The first-order chi connectivity index (χ1) is 9.83. The number of aromatic nitrogens is 1. The summed E-state index contributed by atoms with van der Waals surface area (Å²) in [6.45, 7) is 4.22. The molecule has 0 radical (unpaired) electrons. The molecule has 1 saturated heterocycles. The second-order valence-corrected chi connectivity index (χ2v) is 5.46. The Hall–Kier alpha value is -1.71. The monoisotopic (exact) mass is 267 g/mol. The lowest BCUT2D eigenvalue weighted by atomic mass is 10.0. The average molecular weight is 267 g/mol. The van der Waals surface area contributed by atoms with E-state index in [2.05, 4.69) is 64.3 Å². The summed E-state index contributed by atoms with van der Waals surface area (Å²) in [6, 6.07) is 17.4. The van der Waals surface area contributed by atoms with Crippen molar-refractivity contribution < 1.29 is 0 Å². The van der Waals surface area contributed by atoms with Gasteiger partial charge in [-0.1, -0.05) is 36.4 Å². The second kappa shape index (κ2) is 6.16. The zero-order valence-electron chi connectivity index (χ0n) is 11.9. The number of nitrogens with zero attached hydrogens (tertiary/aromatic N) is 3. The highest BCUT2D eigenvalue weighted by atomic mass is 15.3. The first-order valence-electron chi connectivity index (χ1n) is 7.20. The van der Waals surface area contributed by atoms with Gasteiger partial charge in [0.2, 0.25) is 0 Å². The van der Waals surface area contributed by atoms with Gasteiger partial charge in [-0.15, -0.1) is 0 Å². The number of rotatable bonds is 3. The number of pyridine rings is 1. The molecule has 3 heteroatoms. The maximum atomic E-state index is 4.43. The van der Waals surface area contributed by atoms with Crippen LogP contribution in [0.25, 0.3) is 0 Å². The minimum atomic E-state index is 0.480. The quantitative estimate of drug-likeness (QED) is 0.852. The van der Waals surface area contributed by atoms with Gasteiger partial charge >= 0.3 is 0 Å². The topological polar surface area (TPSA) is 19.4 Å². The molecular weight excluding hydrogens is 246 g/mol. The molecule has 1 aromatic carbocycles. The Morgan fingerprint density at radius 1 is 1.05 bits per heavy atom. The summed E-state index contributed by atoms with van der Waals surface area (Å²) >= 11 is 0. The van der Waals surface area contributed by atoms with Gasteiger partial charge in [0.1, 0.15) is 0 Å². The highest BCUT2D eigenvalue weighted by Gasteiger charge is 2.25. The Balaban J connectivity index is 1.70. The Morgan fingerprint density at radius 3 is 2.60 bits per heavy atom. The van der Waals surface area contributed by atoms with E-state index in [1.807, 2.05) is 12.3 Å². The van der Waals surface area contributed by atoms with Gasteiger partial charge in [-0.2, -0.15) is 0 Å². The second-order valence-electron chi connectivity index (χ2n) is 5.46. The van der Waals surface area contributed by atoms with E-state index in [0.29, 0.717) is 6.04 Å². The molecule has 3 rings (SSSR count). The first kappa shape index (κ1) is 13.3. The third-order valence-corrected chi connectivity index (χ3v) is 4.03. The molecule has 0 saturated carbocycles. The molecule has 0 aliphatic carbocycles. The Kier molecular flexibility index (Phi) is 4.09. The van der Waals surface area contributed by atoms with Crippen LogP contribution in [0.1, 0.15) is 17.3 Å². The minimum absolute atomic E-state index is 0.480. The lowest BCUT2D eigenvalue weighted by molar-refractivity contribution is 0.0896. The van der Waals surface area contributed by atoms with Crippen molar-refractivity contribution in [2.45, 2.75) is 12.6 Å². The van der Waals surface area contributed by atoms with Gasteiger partial charge in [0.25, 0.3) is 0 Å². The molecule has 1 aliphatic heterocycles. The molecule has 104 valence electrons. The van der Waals surface area contributed by atoms with Crippen molar-refractivity contribution in [3.05, 3.63) is 66.0 Å². The standard InChI is InChI=1S/C17H21N3/c1-19-11-12-20(13-16-9-5-6-10-18-16)14-17(19)15-7-3-2-4-8-15/h2-10,17H,11-14H2,1H3. The van der Waals surface area contributed by atoms with Crippen LogP contribution < -0.4 is 0 Å². The summed E-state index contributed by atoms with van der Waals surface area (Å²) in [5.74, 6) is 0. The van der Waals surface area contributed by atoms with Crippen molar-refractivity contribution in [3.63, 3.8) is 0 Å². The SMILES string of the molecule is CN1CCN(Cc2ccccn2)CC1c1ccccc1. The third kappa shape index (κ3) is 3.06. The Morgan fingerprint density at radius 2 is 1.85 bits per heavy atom. The predicted molar refractivity (Wildman–Crippen MR) is 81.3 cm³/mol. The molecule has 1 aliphatic rings. The van der Waals surface area contributed by atoms with Crippen LogP contribution in [0.5, 0.6) is 0 Å². The van der Waals surface area contributed by atoms with Gasteiger partial charge in [0, 0.05) is 38.4 Å². The van der Waals surface area contributed by atoms with Crippen LogP contribution in [-0.2, 0) is 6.54 Å². The summed E-state index contributed by atoms with van der Waals surface area (Å²) in [5.41, 5.74) is 2.56. The van der Waals surface area contributed by atoms with Crippen molar-refractivity contribution in [1.82, 2.24) is 14.8 Å². The molecule has 0 spiro atoms. The molecule has 0 amide bonds. The van der Waals surface area contributed by atoms with Gasteiger partial charge in [0.15, 0.2) is 0 Å². The molecule has 2 aromatic rings. The van der Waals surface area contributed by atoms with Crippen LogP contribution in [0, 0.1) is 0 Å². The van der Waals surface area contributed by atoms with Crippen molar-refractivity contribution in [3.8, 4) is 0 Å². The number of hydrogen-bond donors (Lipinski definition) is 0. The van der Waals surface area contributed by atoms with Gasteiger partial charge in [0.05, 0.1) is 5.69 Å². The fourth-order valence-corrected chi connectivity index (χ4v) is 2.83. The molecule has 0 bridgehead atoms. The highest BCUT2D eigenvalue weighted by molar-refractivity contribution is 5.20. The van der Waals surface area contributed by atoms with E-state index in [9.17, 15) is 0 Å². The highest BCUT2D eigenvalue weighted by Crippen LogP contribution is 2.24. The van der Waals surface area contributed by atoms with Gasteiger partial charge in [-0.05, 0) is 24.7 Å². The van der Waals surface area contributed by atoms with E-state index < -0.39 is 0 Å². The summed E-state index contributed by atoms with van der Waals surface area (Å²) in [5, 5.41) is 0. The summed E-state index contributed by atoms with van der Waals surface area (Å²) in [7, 11) is 2.22. The average Bonchev–Trinajstić information content (AvgIpc) is 2.51. The maximum Gasteiger partial charge on any atom is 0.0543 e. The third-order valence-electron chi connectivity index (χ3n) is 4.03. The number of likely N-dealkylation sites (N-methyl/N-ethyl adjacent to an activating group) is 1. The molecule has 20 heavy (non-hydrogen) atoms. The van der Waals surface area contributed by atoms with E-state index >= 15 is 0 Å². The molecule has 1 unspecified atom stereocenters. The molecule has 3 nitrogen and oxygen atoms in total. The lowest BCUT2D eigenvalue weighted by Crippen LogP contribution is -2.46. The van der Waals surface area contributed by atoms with Crippen LogP contribution in [0.4, 0.5) is 0 Å². The number of benzene rings is 1. The molecule has 2 heterocycles. The van der Waals surface area contributed by atoms with Crippen molar-refractivity contribution >= 4 is 0 Å². The van der Waals surface area contributed by atoms with Gasteiger partial charge in [-0.25, -0.2) is 0 Å². The van der Waals surface area contributed by atoms with E-state index in [4.69, 9.17) is 0 Å². The van der Waals surface area contributed by atoms with Crippen molar-refractivity contribution in [1.29, 1.82) is 0 Å². The van der Waals surface area contributed by atoms with Crippen LogP contribution in [0.3, 0.4) is 0 Å². The zero-order chi connectivity index (χ0) is 13.8. The Bertz CT molecular complexity index is 526. The summed E-state index contributed by atoms with van der Waals surface area (Å²) < 4.78 is 0. The zero-order valence-corrected chi connectivity index (χ0v) is 11.9. The van der Waals surface area contributed by atoms with Crippen LogP contribution in [-0.4, -0.2) is 41.5 Å². The van der Waals surface area contributed by atoms with E-state index in [1.54, 1.807) is 0 Å². The van der Waals surface area contributed by atoms with E-state index in [1.165, 1.54) is 5.56 Å². The fraction of sp³-hybridized carbons (Fsp3) is 0.353. The van der Waals surface area contributed by atoms with Crippen LogP contribution in [0.2, 0.25) is 0 Å². The molecule has 1 fully saturated rings. The van der Waals surface area contributed by atoms with E-state index in [0.717, 1.165) is 31.9 Å². The van der Waals surface area contributed by atoms with Gasteiger partial charge in [-0.3, -0.25) is 14.8 Å². The largest absolute Gasteiger partial charge is 0.297 e. The number of piperazine rings is 1. The van der Waals surface area contributed by atoms with Crippen molar-refractivity contribution in [2.75, 3.05) is 26.7 Å². The lowest BCUT2D eigenvalue weighted by Gasteiger charge is -2.39. The summed E-state index contributed by atoms with van der Waals surface area (Å²) in [4.78, 5) is 9.38. The van der Waals surface area contributed by atoms with Crippen LogP contribution >= 0.6 is 0 Å². The normalized spacial score (nSPS) is 20.9. The molecule has 1 aromatic heterocycles. The molecule has 1 atom stereocenters. The number of hydrogen-bond acceptors (Lipinski definition) is 3. The van der Waals surface area contributed by atoms with E-state index in [-0.39, 0.29) is 0 Å². The van der Waals surface area contributed by atoms with Crippen LogP contribution in [0.15, 0.2) is 54.7 Å². The van der Waals surface area contributed by atoms with Crippen molar-refractivity contribution in [2.24, 2.45) is 0 Å². The fourth-order valence-electron chi connectivity index (χ4n) is 2.83. The Labute approximate surface area is 120 Å². The summed E-state index contributed by atoms with van der Waals surface area (Å²) in [6.07, 6.45) is 1.88.